The Bertz CT molecular complexity index is 811. The minimum absolute atomic E-state index is 0.0116. The molecule has 1 fully saturated rings. The van der Waals surface area contributed by atoms with Gasteiger partial charge in [-0.3, -0.25) is 14.7 Å². The van der Waals surface area contributed by atoms with Gasteiger partial charge >= 0.3 is 0 Å². The molecule has 2 N–H and O–H groups in total. The van der Waals surface area contributed by atoms with Crippen molar-refractivity contribution in [3.05, 3.63) is 51.0 Å². The molecule has 2 aromatic rings. The van der Waals surface area contributed by atoms with E-state index in [9.17, 15) is 9.90 Å². The molecule has 3 heterocycles. The molecule has 0 unspecified atom stereocenters. The van der Waals surface area contributed by atoms with Crippen LogP contribution in [0.5, 0.6) is 0 Å². The van der Waals surface area contributed by atoms with Gasteiger partial charge in [0.1, 0.15) is 0 Å². The minimum atomic E-state index is -0.0527. The highest BCUT2D eigenvalue weighted by Gasteiger charge is 2.42. The van der Waals surface area contributed by atoms with E-state index in [1.807, 2.05) is 11.6 Å². The highest BCUT2D eigenvalue weighted by molar-refractivity contribution is 7.10. The Morgan fingerprint density at radius 3 is 2.93 bits per heavy atom. The van der Waals surface area contributed by atoms with E-state index in [4.69, 9.17) is 0 Å². The van der Waals surface area contributed by atoms with Gasteiger partial charge in [-0.25, -0.2) is 0 Å². The van der Waals surface area contributed by atoms with Gasteiger partial charge in [-0.15, -0.1) is 11.3 Å². The molecule has 0 bridgehead atoms. The standard InChI is InChI=1S/C21H27N3O2S/c1-2-15-3-4-16(22-9-15)10-24-8-5-17-18(12-27-19(17)11-24)20(26)23-13-21(14-25)6-7-21/h3-4,9,12,25H,2,5-8,10-11,13-14H2,1H3,(H,23,26). The second kappa shape index (κ2) is 7.70. The number of amides is 1. The minimum Gasteiger partial charge on any atom is -0.396 e. The first-order chi connectivity index (χ1) is 13.1. The Morgan fingerprint density at radius 1 is 1.41 bits per heavy atom. The van der Waals surface area contributed by atoms with Gasteiger partial charge in [0.25, 0.3) is 5.91 Å². The van der Waals surface area contributed by atoms with Crippen LogP contribution in [0.2, 0.25) is 0 Å². The number of fused-ring (bicyclic) bond motifs is 1. The summed E-state index contributed by atoms with van der Waals surface area (Å²) in [5.74, 6) is 0.0116. The molecule has 0 saturated heterocycles. The molecule has 0 aromatic carbocycles. The van der Waals surface area contributed by atoms with E-state index in [1.54, 1.807) is 11.3 Å². The molecule has 1 amide bonds. The van der Waals surface area contributed by atoms with Crippen molar-refractivity contribution in [2.24, 2.45) is 5.41 Å². The van der Waals surface area contributed by atoms with Crippen LogP contribution >= 0.6 is 11.3 Å². The number of nitrogens with one attached hydrogen (secondary N) is 1. The summed E-state index contributed by atoms with van der Waals surface area (Å²) in [6.07, 6.45) is 5.90. The Labute approximate surface area is 164 Å². The SMILES string of the molecule is CCc1ccc(CN2CCc3c(C(=O)NCC4(CO)CC4)csc3C2)nc1. The van der Waals surface area contributed by atoms with E-state index in [1.165, 1.54) is 16.0 Å². The highest BCUT2D eigenvalue weighted by atomic mass is 32.1. The van der Waals surface area contributed by atoms with Crippen LogP contribution in [-0.4, -0.2) is 40.6 Å². The lowest BCUT2D eigenvalue weighted by atomic mass is 10.0. The molecule has 1 aliphatic heterocycles. The number of aliphatic hydroxyl groups excluding tert-OH is 1. The fourth-order valence-corrected chi connectivity index (χ4v) is 4.75. The van der Waals surface area contributed by atoms with Gasteiger partial charge in [0.2, 0.25) is 0 Å². The first-order valence-corrected chi connectivity index (χ1v) is 10.6. The Hall–Kier alpha value is -1.76. The third-order valence-electron chi connectivity index (χ3n) is 5.87. The summed E-state index contributed by atoms with van der Waals surface area (Å²) in [7, 11) is 0. The average molecular weight is 386 g/mol. The van der Waals surface area contributed by atoms with Gasteiger partial charge in [0.05, 0.1) is 17.9 Å². The van der Waals surface area contributed by atoms with Crippen LogP contribution in [0.3, 0.4) is 0 Å². The van der Waals surface area contributed by atoms with Crippen LogP contribution in [0.25, 0.3) is 0 Å². The van der Waals surface area contributed by atoms with Gasteiger partial charge in [0, 0.05) is 48.0 Å². The number of hydrogen-bond donors (Lipinski definition) is 2. The molecular formula is C21H27N3O2S. The molecule has 6 heteroatoms. The van der Waals surface area contributed by atoms with Crippen LogP contribution in [0, 0.1) is 5.41 Å². The molecule has 0 atom stereocenters. The number of aromatic nitrogens is 1. The van der Waals surface area contributed by atoms with Gasteiger partial charge in [-0.1, -0.05) is 13.0 Å². The predicted octanol–water partition coefficient (Wildman–Crippen LogP) is 2.77. The predicted molar refractivity (Wildman–Crippen MR) is 107 cm³/mol. The number of aryl methyl sites for hydroxylation is 1. The van der Waals surface area contributed by atoms with Crippen molar-refractivity contribution >= 4 is 17.2 Å². The summed E-state index contributed by atoms with van der Waals surface area (Å²) in [5.41, 5.74) is 4.35. The molecule has 5 nitrogen and oxygen atoms in total. The maximum Gasteiger partial charge on any atom is 0.252 e. The number of pyridine rings is 1. The van der Waals surface area contributed by atoms with E-state index in [0.717, 1.165) is 56.6 Å². The lowest BCUT2D eigenvalue weighted by Gasteiger charge is -2.27. The number of thiophene rings is 1. The fourth-order valence-electron chi connectivity index (χ4n) is 3.62. The molecule has 144 valence electrons. The molecule has 2 aromatic heterocycles. The van der Waals surface area contributed by atoms with Crippen LogP contribution in [0.4, 0.5) is 0 Å². The summed E-state index contributed by atoms with van der Waals surface area (Å²) >= 11 is 1.68. The lowest BCUT2D eigenvalue weighted by Crippen LogP contribution is -2.34. The van der Waals surface area contributed by atoms with Gasteiger partial charge in [0.15, 0.2) is 0 Å². The third kappa shape index (κ3) is 4.08. The van der Waals surface area contributed by atoms with Crippen LogP contribution in [0.1, 0.15) is 51.8 Å². The summed E-state index contributed by atoms with van der Waals surface area (Å²) in [5, 5.41) is 14.4. The number of aliphatic hydroxyl groups is 1. The lowest BCUT2D eigenvalue weighted by molar-refractivity contribution is 0.0934. The summed E-state index contributed by atoms with van der Waals surface area (Å²) < 4.78 is 0. The van der Waals surface area contributed by atoms with Gasteiger partial charge in [-0.05, 0) is 42.9 Å². The zero-order chi connectivity index (χ0) is 18.9. The number of carbonyl (C=O) groups is 1. The smallest absolute Gasteiger partial charge is 0.252 e. The number of hydrogen-bond acceptors (Lipinski definition) is 5. The maximum atomic E-state index is 12.6. The van der Waals surface area contributed by atoms with Crippen LogP contribution < -0.4 is 5.32 Å². The summed E-state index contributed by atoms with van der Waals surface area (Å²) in [6, 6.07) is 4.28. The monoisotopic (exact) mass is 385 g/mol. The number of rotatable bonds is 7. The topological polar surface area (TPSA) is 65.5 Å². The van der Waals surface area contributed by atoms with E-state index in [0.29, 0.717) is 6.54 Å². The zero-order valence-electron chi connectivity index (χ0n) is 15.8. The summed E-state index contributed by atoms with van der Waals surface area (Å²) in [6.45, 7) is 5.56. The number of carbonyl (C=O) groups excluding carboxylic acids is 1. The second-order valence-corrected chi connectivity index (χ2v) is 8.83. The average Bonchev–Trinajstić information content (AvgIpc) is 3.37. The quantitative estimate of drug-likeness (QED) is 0.769. The fraction of sp³-hybridized carbons (Fsp3) is 0.524. The Morgan fingerprint density at radius 2 is 2.26 bits per heavy atom. The molecule has 0 radical (unpaired) electrons. The molecule has 1 aliphatic carbocycles. The van der Waals surface area contributed by atoms with Crippen molar-refractivity contribution < 1.29 is 9.90 Å². The van der Waals surface area contributed by atoms with Crippen molar-refractivity contribution in [2.75, 3.05) is 19.7 Å². The maximum absolute atomic E-state index is 12.6. The van der Waals surface area contributed by atoms with E-state index in [-0.39, 0.29) is 17.9 Å². The van der Waals surface area contributed by atoms with Crippen molar-refractivity contribution in [1.82, 2.24) is 15.2 Å². The van der Waals surface area contributed by atoms with E-state index >= 15 is 0 Å². The van der Waals surface area contributed by atoms with Crippen LogP contribution in [0.15, 0.2) is 23.7 Å². The molecule has 4 rings (SSSR count). The van der Waals surface area contributed by atoms with Crippen molar-refractivity contribution in [3.8, 4) is 0 Å². The Kier molecular flexibility index (Phi) is 5.30. The molecule has 2 aliphatic rings. The normalized spacial score (nSPS) is 18.1. The number of nitrogens with zero attached hydrogens (tertiary/aromatic N) is 2. The van der Waals surface area contributed by atoms with E-state index in [2.05, 4.69) is 34.3 Å². The second-order valence-electron chi connectivity index (χ2n) is 7.86. The van der Waals surface area contributed by atoms with Gasteiger partial charge < -0.3 is 10.4 Å². The molecular weight excluding hydrogens is 358 g/mol. The van der Waals surface area contributed by atoms with Crippen molar-refractivity contribution in [2.45, 2.75) is 45.7 Å². The van der Waals surface area contributed by atoms with Crippen molar-refractivity contribution in [1.29, 1.82) is 0 Å². The van der Waals surface area contributed by atoms with Gasteiger partial charge in [-0.2, -0.15) is 0 Å². The first-order valence-electron chi connectivity index (χ1n) is 9.77. The van der Waals surface area contributed by atoms with Crippen molar-refractivity contribution in [3.63, 3.8) is 0 Å². The first kappa shape index (κ1) is 18.6. The van der Waals surface area contributed by atoms with E-state index < -0.39 is 0 Å². The molecule has 27 heavy (non-hydrogen) atoms. The molecule has 0 spiro atoms. The van der Waals surface area contributed by atoms with Crippen LogP contribution in [-0.2, 0) is 25.9 Å². The Balaban J connectivity index is 1.37. The third-order valence-corrected chi connectivity index (χ3v) is 6.88. The summed E-state index contributed by atoms with van der Waals surface area (Å²) in [4.78, 5) is 20.9. The zero-order valence-corrected chi connectivity index (χ0v) is 16.6. The highest BCUT2D eigenvalue weighted by Crippen LogP contribution is 2.44. The largest absolute Gasteiger partial charge is 0.396 e. The molecule has 1 saturated carbocycles.